The first-order chi connectivity index (χ1) is 8.84. The van der Waals surface area contributed by atoms with Crippen molar-refractivity contribution in [1.82, 2.24) is 10.3 Å². The average Bonchev–Trinajstić information content (AvgIpc) is 2.62. The highest BCUT2D eigenvalue weighted by molar-refractivity contribution is 6.10. The van der Waals surface area contributed by atoms with Gasteiger partial charge in [-0.1, -0.05) is 26.8 Å². The van der Waals surface area contributed by atoms with Gasteiger partial charge in [0.2, 0.25) is 0 Å². The molecule has 0 radical (unpaired) electrons. The fourth-order valence-electron chi connectivity index (χ4n) is 2.40. The summed E-state index contributed by atoms with van der Waals surface area (Å²) in [5, 5.41) is 3.96. The van der Waals surface area contributed by atoms with Gasteiger partial charge in [-0.05, 0) is 37.1 Å². The van der Waals surface area contributed by atoms with Crippen molar-refractivity contribution in [3.8, 4) is 0 Å². The molecule has 3 nitrogen and oxygen atoms in total. The molecule has 0 saturated carbocycles. The first-order valence-electron chi connectivity index (χ1n) is 6.65. The normalized spacial score (nSPS) is 12.1. The number of Topliss-reactive ketones (excluding diaryl/α,β-unsaturated/α-hetero) is 1. The predicted molar refractivity (Wildman–Crippen MR) is 80.0 cm³/mol. The minimum Gasteiger partial charge on any atom is -0.358 e. The van der Waals surface area contributed by atoms with Crippen molar-refractivity contribution in [2.24, 2.45) is 0 Å². The first-order valence-corrected chi connectivity index (χ1v) is 6.65. The van der Waals surface area contributed by atoms with Crippen LogP contribution < -0.4 is 5.32 Å². The lowest BCUT2D eigenvalue weighted by Crippen LogP contribution is -2.19. The van der Waals surface area contributed by atoms with E-state index in [1.807, 2.05) is 6.92 Å². The number of likely N-dealkylation sites (N-methyl/N-ethyl adjacent to an activating group) is 1. The van der Waals surface area contributed by atoms with E-state index in [2.05, 4.69) is 49.3 Å². The van der Waals surface area contributed by atoms with Gasteiger partial charge in [-0.2, -0.15) is 0 Å². The summed E-state index contributed by atoms with van der Waals surface area (Å²) in [4.78, 5) is 15.5. The van der Waals surface area contributed by atoms with Crippen molar-refractivity contribution in [1.29, 1.82) is 0 Å². The summed E-state index contributed by atoms with van der Waals surface area (Å²) >= 11 is 0. The molecule has 0 fully saturated rings. The molecule has 0 unspecified atom stereocenters. The Bertz CT molecular complexity index is 617. The fourth-order valence-corrected chi connectivity index (χ4v) is 2.40. The highest BCUT2D eigenvalue weighted by Gasteiger charge is 2.19. The standard InChI is InChI=1S/C16H22N2O/c1-10-15(14(19)9-17-5)12-8-11(16(2,3)4)6-7-13(12)18-10/h6-8,17-18H,9H2,1-5H3. The van der Waals surface area contributed by atoms with Gasteiger partial charge in [0.15, 0.2) is 5.78 Å². The van der Waals surface area contributed by atoms with Crippen molar-refractivity contribution < 1.29 is 4.79 Å². The topological polar surface area (TPSA) is 44.9 Å². The van der Waals surface area contributed by atoms with Crippen LogP contribution in [0.25, 0.3) is 10.9 Å². The van der Waals surface area contributed by atoms with E-state index in [-0.39, 0.29) is 11.2 Å². The molecule has 2 aromatic rings. The number of aromatic amines is 1. The Morgan fingerprint density at radius 2 is 2.00 bits per heavy atom. The summed E-state index contributed by atoms with van der Waals surface area (Å²) in [6.45, 7) is 8.88. The number of hydrogen-bond donors (Lipinski definition) is 2. The van der Waals surface area contributed by atoms with E-state index in [1.165, 1.54) is 5.56 Å². The third-order valence-electron chi connectivity index (χ3n) is 3.47. The summed E-state index contributed by atoms with van der Waals surface area (Å²) in [5.74, 6) is 0.136. The first kappa shape index (κ1) is 13.8. The minimum absolute atomic E-state index is 0.0860. The van der Waals surface area contributed by atoms with Gasteiger partial charge >= 0.3 is 0 Å². The van der Waals surface area contributed by atoms with E-state index in [0.717, 1.165) is 22.2 Å². The highest BCUT2D eigenvalue weighted by atomic mass is 16.1. The molecule has 0 aliphatic heterocycles. The maximum atomic E-state index is 12.2. The Kier molecular flexibility index (Phi) is 3.50. The number of benzene rings is 1. The van der Waals surface area contributed by atoms with Crippen molar-refractivity contribution >= 4 is 16.7 Å². The Morgan fingerprint density at radius 3 is 2.58 bits per heavy atom. The molecule has 0 amide bonds. The Morgan fingerprint density at radius 1 is 1.32 bits per heavy atom. The largest absolute Gasteiger partial charge is 0.358 e. The van der Waals surface area contributed by atoms with Gasteiger partial charge in [-0.3, -0.25) is 4.79 Å². The lowest BCUT2D eigenvalue weighted by Gasteiger charge is -2.19. The molecule has 2 N–H and O–H groups in total. The minimum atomic E-state index is 0.0860. The van der Waals surface area contributed by atoms with Crippen molar-refractivity contribution in [3.05, 3.63) is 35.0 Å². The molecule has 0 bridgehead atoms. The van der Waals surface area contributed by atoms with Crippen LogP contribution in [0.5, 0.6) is 0 Å². The fraction of sp³-hybridized carbons (Fsp3) is 0.438. The van der Waals surface area contributed by atoms with E-state index < -0.39 is 0 Å². The molecule has 0 aliphatic carbocycles. The highest BCUT2D eigenvalue weighted by Crippen LogP contribution is 2.29. The van der Waals surface area contributed by atoms with E-state index in [0.29, 0.717) is 6.54 Å². The Hall–Kier alpha value is -1.61. The lowest BCUT2D eigenvalue weighted by atomic mass is 9.86. The van der Waals surface area contributed by atoms with E-state index >= 15 is 0 Å². The molecule has 0 saturated heterocycles. The zero-order valence-electron chi connectivity index (χ0n) is 12.3. The Balaban J connectivity index is 2.63. The lowest BCUT2D eigenvalue weighted by molar-refractivity contribution is 0.0994. The Labute approximate surface area is 114 Å². The van der Waals surface area contributed by atoms with E-state index in [4.69, 9.17) is 0 Å². The summed E-state index contributed by atoms with van der Waals surface area (Å²) in [5.41, 5.74) is 4.13. The van der Waals surface area contributed by atoms with Gasteiger partial charge in [0.1, 0.15) is 0 Å². The van der Waals surface area contributed by atoms with E-state index in [1.54, 1.807) is 7.05 Å². The monoisotopic (exact) mass is 258 g/mol. The van der Waals surface area contributed by atoms with Crippen LogP contribution in [0.3, 0.4) is 0 Å². The summed E-state index contributed by atoms with van der Waals surface area (Å²) in [7, 11) is 1.79. The molecule has 0 atom stereocenters. The molecule has 2 rings (SSSR count). The molecule has 1 aromatic carbocycles. The molecular formula is C16H22N2O. The zero-order chi connectivity index (χ0) is 14.2. The van der Waals surface area contributed by atoms with Crippen LogP contribution in [-0.2, 0) is 5.41 Å². The number of carbonyl (C=O) groups excluding carboxylic acids is 1. The van der Waals surface area contributed by atoms with Gasteiger partial charge in [0.25, 0.3) is 0 Å². The maximum absolute atomic E-state index is 12.2. The molecule has 102 valence electrons. The maximum Gasteiger partial charge on any atom is 0.179 e. The van der Waals surface area contributed by atoms with Crippen molar-refractivity contribution in [2.75, 3.05) is 13.6 Å². The van der Waals surface area contributed by atoms with Gasteiger partial charge < -0.3 is 10.3 Å². The number of hydrogen-bond acceptors (Lipinski definition) is 2. The average molecular weight is 258 g/mol. The van der Waals surface area contributed by atoms with Crippen LogP contribution in [0, 0.1) is 6.92 Å². The molecule has 0 spiro atoms. The van der Waals surface area contributed by atoms with Gasteiger partial charge in [-0.25, -0.2) is 0 Å². The molecule has 1 aromatic heterocycles. The zero-order valence-corrected chi connectivity index (χ0v) is 12.3. The molecule has 3 heteroatoms. The van der Waals surface area contributed by atoms with E-state index in [9.17, 15) is 4.79 Å². The number of fused-ring (bicyclic) bond motifs is 1. The van der Waals surface area contributed by atoms with Crippen LogP contribution in [0.2, 0.25) is 0 Å². The van der Waals surface area contributed by atoms with Crippen LogP contribution >= 0.6 is 0 Å². The molecule has 1 heterocycles. The van der Waals surface area contributed by atoms with Crippen molar-refractivity contribution in [3.63, 3.8) is 0 Å². The number of aryl methyl sites for hydroxylation is 1. The van der Waals surface area contributed by atoms with Gasteiger partial charge in [0, 0.05) is 22.2 Å². The quantitative estimate of drug-likeness (QED) is 0.831. The number of H-pyrrole nitrogens is 1. The van der Waals surface area contributed by atoms with Crippen molar-refractivity contribution in [2.45, 2.75) is 33.1 Å². The number of carbonyl (C=O) groups is 1. The van der Waals surface area contributed by atoms with Crippen LogP contribution in [0.4, 0.5) is 0 Å². The summed E-state index contributed by atoms with van der Waals surface area (Å²) < 4.78 is 0. The third-order valence-corrected chi connectivity index (χ3v) is 3.47. The second-order valence-corrected chi connectivity index (χ2v) is 6.09. The van der Waals surface area contributed by atoms with Gasteiger partial charge in [-0.15, -0.1) is 0 Å². The van der Waals surface area contributed by atoms with Crippen LogP contribution in [0.15, 0.2) is 18.2 Å². The summed E-state index contributed by atoms with van der Waals surface area (Å²) in [6, 6.07) is 6.34. The smallest absolute Gasteiger partial charge is 0.179 e. The van der Waals surface area contributed by atoms with Gasteiger partial charge in [0.05, 0.1) is 6.54 Å². The second kappa shape index (κ2) is 4.82. The predicted octanol–water partition coefficient (Wildman–Crippen LogP) is 3.18. The number of rotatable bonds is 3. The van der Waals surface area contributed by atoms with Crippen LogP contribution in [0.1, 0.15) is 42.4 Å². The summed E-state index contributed by atoms with van der Waals surface area (Å²) in [6.07, 6.45) is 0. The SMILES string of the molecule is CNCC(=O)c1c(C)[nH]c2ccc(C(C)(C)C)cc12. The molecule has 0 aliphatic rings. The molecular weight excluding hydrogens is 236 g/mol. The number of ketones is 1. The number of nitrogens with one attached hydrogen (secondary N) is 2. The third kappa shape index (κ3) is 2.56. The second-order valence-electron chi connectivity index (χ2n) is 6.09. The molecule has 19 heavy (non-hydrogen) atoms. The number of aromatic nitrogens is 1. The van der Waals surface area contributed by atoms with Crippen LogP contribution in [-0.4, -0.2) is 24.4 Å².